The zero-order valence-corrected chi connectivity index (χ0v) is 17.8. The quantitative estimate of drug-likeness (QED) is 0.381. The lowest BCUT2D eigenvalue weighted by molar-refractivity contribution is 0.324. The molecule has 3 heterocycles. The van der Waals surface area contributed by atoms with Crippen molar-refractivity contribution in [1.29, 1.82) is 0 Å². The van der Waals surface area contributed by atoms with Gasteiger partial charge in [-0.15, -0.1) is 15.3 Å². The van der Waals surface area contributed by atoms with E-state index in [0.29, 0.717) is 46.1 Å². The van der Waals surface area contributed by atoms with Crippen LogP contribution in [0.4, 0.5) is 0 Å². The minimum absolute atomic E-state index is 0.357. The SMILES string of the molecule is COc1cc(-c2nnc(CSc3n[nH]c4nc5ccccc5n34)o2)cc(OC)c1OC. The van der Waals surface area contributed by atoms with Crippen molar-refractivity contribution in [3.8, 4) is 28.7 Å². The Morgan fingerprint density at radius 3 is 2.55 bits per heavy atom. The Balaban J connectivity index is 1.40. The summed E-state index contributed by atoms with van der Waals surface area (Å²) in [6.45, 7) is 0. The minimum atomic E-state index is 0.357. The van der Waals surface area contributed by atoms with Crippen LogP contribution in [0.15, 0.2) is 46.0 Å². The molecule has 31 heavy (non-hydrogen) atoms. The number of hydrogen-bond donors (Lipinski definition) is 1. The normalized spacial score (nSPS) is 11.3. The number of fused-ring (bicyclic) bond motifs is 3. The van der Waals surface area contributed by atoms with Crippen molar-refractivity contribution in [2.45, 2.75) is 10.9 Å². The topological polar surface area (TPSA) is 113 Å². The molecule has 3 aromatic heterocycles. The Labute approximate surface area is 180 Å². The molecular formula is C20H18N6O4S. The standard InChI is InChI=1S/C20H18N6O4S/c1-27-14-8-11(9-15(28-2)17(14)29-3)18-23-22-16(30-18)10-31-20-25-24-19-21-12-6-4-5-7-13(12)26(19)20/h4-9H,10H2,1-3H3,(H,21,24). The number of ether oxygens (including phenoxy) is 3. The lowest BCUT2D eigenvalue weighted by Gasteiger charge is -2.12. The number of para-hydroxylation sites is 2. The maximum absolute atomic E-state index is 5.86. The van der Waals surface area contributed by atoms with Gasteiger partial charge in [-0.05, 0) is 24.3 Å². The molecule has 5 aromatic rings. The molecule has 0 saturated heterocycles. The zero-order chi connectivity index (χ0) is 21.4. The maximum atomic E-state index is 5.86. The number of rotatable bonds is 7. The van der Waals surface area contributed by atoms with Gasteiger partial charge in [0.25, 0.3) is 0 Å². The number of hydrogen-bond acceptors (Lipinski definition) is 9. The predicted octanol–water partition coefficient (Wildman–Crippen LogP) is 3.58. The first-order chi connectivity index (χ1) is 15.2. The van der Waals surface area contributed by atoms with E-state index in [1.54, 1.807) is 33.5 Å². The molecule has 11 heteroatoms. The van der Waals surface area contributed by atoms with Crippen LogP contribution in [0.5, 0.6) is 17.2 Å². The summed E-state index contributed by atoms with van der Waals surface area (Å²) in [5.74, 6) is 3.48. The Morgan fingerprint density at radius 2 is 1.81 bits per heavy atom. The number of H-pyrrole nitrogens is 1. The second kappa shape index (κ2) is 7.84. The van der Waals surface area contributed by atoms with Crippen LogP contribution in [0.2, 0.25) is 0 Å². The third kappa shape index (κ3) is 3.32. The highest BCUT2D eigenvalue weighted by atomic mass is 32.2. The van der Waals surface area contributed by atoms with Gasteiger partial charge in [0, 0.05) is 5.56 Å². The van der Waals surface area contributed by atoms with Gasteiger partial charge in [0.2, 0.25) is 23.3 Å². The Bertz CT molecular complexity index is 1350. The molecule has 0 aliphatic rings. The molecule has 0 saturated carbocycles. The van der Waals surface area contributed by atoms with Gasteiger partial charge in [0.15, 0.2) is 16.7 Å². The summed E-state index contributed by atoms with van der Waals surface area (Å²) in [5.41, 5.74) is 2.55. The molecular weight excluding hydrogens is 420 g/mol. The number of aromatic nitrogens is 6. The monoisotopic (exact) mass is 438 g/mol. The molecule has 0 bridgehead atoms. The smallest absolute Gasteiger partial charge is 0.248 e. The van der Waals surface area contributed by atoms with E-state index in [0.717, 1.165) is 16.2 Å². The van der Waals surface area contributed by atoms with E-state index >= 15 is 0 Å². The van der Waals surface area contributed by atoms with Crippen molar-refractivity contribution in [3.05, 3.63) is 42.3 Å². The molecule has 0 amide bonds. The van der Waals surface area contributed by atoms with E-state index in [9.17, 15) is 0 Å². The fourth-order valence-electron chi connectivity index (χ4n) is 3.30. The molecule has 0 radical (unpaired) electrons. The highest BCUT2D eigenvalue weighted by Crippen LogP contribution is 2.41. The summed E-state index contributed by atoms with van der Waals surface area (Å²) in [4.78, 5) is 4.53. The molecule has 0 aliphatic carbocycles. The van der Waals surface area contributed by atoms with Crippen LogP contribution >= 0.6 is 11.8 Å². The van der Waals surface area contributed by atoms with E-state index < -0.39 is 0 Å². The van der Waals surface area contributed by atoms with Crippen LogP contribution in [0.25, 0.3) is 28.3 Å². The first-order valence-electron chi connectivity index (χ1n) is 9.29. The van der Waals surface area contributed by atoms with Gasteiger partial charge >= 0.3 is 0 Å². The van der Waals surface area contributed by atoms with Gasteiger partial charge in [-0.1, -0.05) is 23.9 Å². The average Bonchev–Trinajstić information content (AvgIpc) is 3.52. The van der Waals surface area contributed by atoms with Crippen molar-refractivity contribution >= 4 is 28.6 Å². The van der Waals surface area contributed by atoms with Crippen LogP contribution in [0, 0.1) is 0 Å². The van der Waals surface area contributed by atoms with E-state index in [-0.39, 0.29) is 0 Å². The summed E-state index contributed by atoms with van der Waals surface area (Å²) in [6, 6.07) is 11.4. The number of aromatic amines is 1. The van der Waals surface area contributed by atoms with Gasteiger partial charge in [0.05, 0.1) is 38.1 Å². The highest BCUT2D eigenvalue weighted by molar-refractivity contribution is 7.98. The van der Waals surface area contributed by atoms with Gasteiger partial charge in [0.1, 0.15) is 0 Å². The van der Waals surface area contributed by atoms with Crippen molar-refractivity contribution in [2.24, 2.45) is 0 Å². The molecule has 0 aliphatic heterocycles. The van der Waals surface area contributed by atoms with Gasteiger partial charge in [-0.25, -0.2) is 10.1 Å². The van der Waals surface area contributed by atoms with Gasteiger partial charge < -0.3 is 18.6 Å². The fourth-order valence-corrected chi connectivity index (χ4v) is 4.09. The molecule has 0 spiro atoms. The van der Waals surface area contributed by atoms with E-state index in [4.69, 9.17) is 18.6 Å². The van der Waals surface area contributed by atoms with Crippen molar-refractivity contribution < 1.29 is 18.6 Å². The number of methoxy groups -OCH3 is 3. The molecule has 0 atom stereocenters. The van der Waals surface area contributed by atoms with Crippen molar-refractivity contribution in [1.82, 2.24) is 29.8 Å². The first kappa shape index (κ1) is 19.2. The number of benzene rings is 2. The van der Waals surface area contributed by atoms with E-state index in [2.05, 4.69) is 25.4 Å². The Morgan fingerprint density at radius 1 is 1.03 bits per heavy atom. The second-order valence-corrected chi connectivity index (χ2v) is 7.41. The summed E-state index contributed by atoms with van der Waals surface area (Å²) in [7, 11) is 4.67. The Kier molecular flexibility index (Phi) is 4.86. The fraction of sp³-hybridized carbons (Fsp3) is 0.200. The van der Waals surface area contributed by atoms with Crippen LogP contribution < -0.4 is 14.2 Å². The molecule has 10 nitrogen and oxygen atoms in total. The second-order valence-electron chi connectivity index (χ2n) is 6.47. The number of nitrogens with one attached hydrogen (secondary N) is 1. The zero-order valence-electron chi connectivity index (χ0n) is 16.9. The summed E-state index contributed by atoms with van der Waals surface area (Å²) in [5, 5.41) is 16.4. The predicted molar refractivity (Wildman–Crippen MR) is 114 cm³/mol. The van der Waals surface area contributed by atoms with Gasteiger partial charge in [-0.2, -0.15) is 0 Å². The van der Waals surface area contributed by atoms with Crippen LogP contribution in [-0.4, -0.2) is 51.1 Å². The lowest BCUT2D eigenvalue weighted by atomic mass is 10.2. The molecule has 5 rings (SSSR count). The highest BCUT2D eigenvalue weighted by Gasteiger charge is 2.18. The number of imidazole rings is 1. The minimum Gasteiger partial charge on any atom is -0.493 e. The largest absolute Gasteiger partial charge is 0.493 e. The third-order valence-corrected chi connectivity index (χ3v) is 5.63. The average molecular weight is 438 g/mol. The lowest BCUT2D eigenvalue weighted by Crippen LogP contribution is -1.95. The van der Waals surface area contributed by atoms with Crippen molar-refractivity contribution in [2.75, 3.05) is 21.3 Å². The maximum Gasteiger partial charge on any atom is 0.248 e. The van der Waals surface area contributed by atoms with Crippen LogP contribution in [-0.2, 0) is 5.75 Å². The number of nitrogens with zero attached hydrogens (tertiary/aromatic N) is 5. The molecule has 0 fully saturated rings. The summed E-state index contributed by atoms with van der Waals surface area (Å²) >= 11 is 1.47. The molecule has 1 N–H and O–H groups in total. The first-order valence-corrected chi connectivity index (χ1v) is 10.3. The van der Waals surface area contributed by atoms with Gasteiger partial charge in [-0.3, -0.25) is 4.40 Å². The van der Waals surface area contributed by atoms with Crippen LogP contribution in [0.1, 0.15) is 5.89 Å². The number of thioether (sulfide) groups is 1. The summed E-state index contributed by atoms with van der Waals surface area (Å²) in [6.07, 6.45) is 0. The molecule has 158 valence electrons. The van der Waals surface area contributed by atoms with Crippen molar-refractivity contribution in [3.63, 3.8) is 0 Å². The van der Waals surface area contributed by atoms with E-state index in [1.165, 1.54) is 11.8 Å². The molecule has 0 unspecified atom stereocenters. The van der Waals surface area contributed by atoms with Crippen LogP contribution in [0.3, 0.4) is 0 Å². The summed E-state index contributed by atoms with van der Waals surface area (Å²) < 4.78 is 24.0. The van der Waals surface area contributed by atoms with E-state index in [1.807, 2.05) is 28.7 Å². The third-order valence-electron chi connectivity index (χ3n) is 4.71. The molecule has 2 aromatic carbocycles. The Hall–Kier alpha value is -3.73.